The summed E-state index contributed by atoms with van der Waals surface area (Å²) in [6.45, 7) is 6.16. The Morgan fingerprint density at radius 2 is 2.29 bits per heavy atom. The Hall–Kier alpha value is -1.17. The van der Waals surface area contributed by atoms with E-state index in [1.54, 1.807) is 12.1 Å². The third kappa shape index (κ3) is 4.15. The lowest BCUT2D eigenvalue weighted by molar-refractivity contribution is -0.384. The first-order valence-corrected chi connectivity index (χ1v) is 7.74. The molecule has 2 rings (SSSR count). The average molecular weight is 312 g/mol. The summed E-state index contributed by atoms with van der Waals surface area (Å²) in [4.78, 5) is 15.2. The van der Waals surface area contributed by atoms with Gasteiger partial charge in [0, 0.05) is 25.2 Å². The van der Waals surface area contributed by atoms with E-state index < -0.39 is 4.92 Å². The van der Waals surface area contributed by atoms with Gasteiger partial charge in [-0.1, -0.05) is 24.6 Å². The summed E-state index contributed by atoms with van der Waals surface area (Å²) in [6, 6.07) is 5.64. The maximum absolute atomic E-state index is 10.9. The van der Waals surface area contributed by atoms with E-state index in [0.29, 0.717) is 12.6 Å². The number of rotatable bonds is 6. The average Bonchev–Trinajstić information content (AvgIpc) is 2.87. The van der Waals surface area contributed by atoms with Gasteiger partial charge >= 0.3 is 0 Å². The lowest BCUT2D eigenvalue weighted by Crippen LogP contribution is -2.38. The van der Waals surface area contributed by atoms with E-state index in [1.807, 2.05) is 6.07 Å². The Morgan fingerprint density at radius 3 is 2.95 bits per heavy atom. The topological polar surface area (TPSA) is 49.6 Å². The van der Waals surface area contributed by atoms with E-state index in [-0.39, 0.29) is 10.7 Å². The monoisotopic (exact) mass is 311 g/mol. The van der Waals surface area contributed by atoms with Crippen LogP contribution in [0, 0.1) is 10.1 Å². The fraction of sp³-hybridized carbons (Fsp3) is 0.600. The van der Waals surface area contributed by atoms with Gasteiger partial charge in [-0.3, -0.25) is 15.0 Å². The Bertz CT molecular complexity index is 510. The van der Waals surface area contributed by atoms with Gasteiger partial charge in [0.25, 0.3) is 5.69 Å². The lowest BCUT2D eigenvalue weighted by Gasteiger charge is -2.27. The molecule has 5 nitrogen and oxygen atoms in total. The molecular weight excluding hydrogens is 290 g/mol. The molecule has 116 valence electrons. The molecule has 0 aliphatic carbocycles. The van der Waals surface area contributed by atoms with Crippen LogP contribution < -0.4 is 0 Å². The molecule has 0 saturated carbocycles. The van der Waals surface area contributed by atoms with Gasteiger partial charge in [0.05, 0.1) is 4.92 Å². The zero-order valence-electron chi connectivity index (χ0n) is 12.6. The van der Waals surface area contributed by atoms with Gasteiger partial charge in [0.15, 0.2) is 0 Å². The van der Waals surface area contributed by atoms with Crippen LogP contribution >= 0.6 is 11.6 Å². The standard InChI is InChI=1S/C15H22ClN3O2/c1-3-18-8-4-5-13(18)11-17(2)10-12-6-7-14(16)15(9-12)19(20)21/h6-7,9,13H,3-5,8,10-11H2,1-2H3. The molecular formula is C15H22ClN3O2. The highest BCUT2D eigenvalue weighted by atomic mass is 35.5. The summed E-state index contributed by atoms with van der Waals surface area (Å²) in [7, 11) is 2.06. The minimum Gasteiger partial charge on any atom is -0.301 e. The highest BCUT2D eigenvalue weighted by molar-refractivity contribution is 6.32. The number of nitrogens with zero attached hydrogens (tertiary/aromatic N) is 3. The summed E-state index contributed by atoms with van der Waals surface area (Å²) in [5.74, 6) is 0. The SMILES string of the molecule is CCN1CCCC1CN(C)Cc1ccc(Cl)c([N+](=O)[O-])c1. The molecule has 0 amide bonds. The molecule has 0 radical (unpaired) electrons. The Morgan fingerprint density at radius 1 is 1.52 bits per heavy atom. The molecule has 0 spiro atoms. The molecule has 0 N–H and O–H groups in total. The maximum atomic E-state index is 10.9. The van der Waals surface area contributed by atoms with E-state index in [0.717, 1.165) is 18.7 Å². The lowest BCUT2D eigenvalue weighted by atomic mass is 10.1. The molecule has 0 bridgehead atoms. The summed E-state index contributed by atoms with van der Waals surface area (Å²) >= 11 is 5.84. The second kappa shape index (κ2) is 7.20. The molecule has 0 aromatic heterocycles. The first-order valence-electron chi connectivity index (χ1n) is 7.36. The van der Waals surface area contributed by atoms with Crippen LogP contribution in [0.15, 0.2) is 18.2 Å². The van der Waals surface area contributed by atoms with Crippen molar-refractivity contribution in [1.29, 1.82) is 0 Å². The number of halogens is 1. The minimum absolute atomic E-state index is 0.0152. The molecule has 1 aliphatic rings. The predicted molar refractivity (Wildman–Crippen MR) is 84.7 cm³/mol. The largest absolute Gasteiger partial charge is 0.301 e. The fourth-order valence-electron chi connectivity index (χ4n) is 3.05. The summed E-state index contributed by atoms with van der Waals surface area (Å²) in [5.41, 5.74) is 0.910. The van der Waals surface area contributed by atoms with Crippen LogP contribution in [0.25, 0.3) is 0 Å². The van der Waals surface area contributed by atoms with Crippen molar-refractivity contribution in [2.75, 3.05) is 26.7 Å². The van der Waals surface area contributed by atoms with Gasteiger partial charge in [-0.25, -0.2) is 0 Å². The number of likely N-dealkylation sites (N-methyl/N-ethyl adjacent to an activating group) is 2. The molecule has 1 heterocycles. The first kappa shape index (κ1) is 16.2. The molecule has 21 heavy (non-hydrogen) atoms. The van der Waals surface area contributed by atoms with Crippen molar-refractivity contribution in [3.63, 3.8) is 0 Å². The van der Waals surface area contributed by atoms with Crippen LogP contribution in [-0.2, 0) is 6.54 Å². The molecule has 1 atom stereocenters. The Labute approximate surface area is 130 Å². The maximum Gasteiger partial charge on any atom is 0.288 e. The van der Waals surface area contributed by atoms with Crippen LogP contribution in [-0.4, -0.2) is 47.4 Å². The van der Waals surface area contributed by atoms with Gasteiger partial charge in [-0.05, 0) is 44.6 Å². The number of likely N-dealkylation sites (tertiary alicyclic amines) is 1. The predicted octanol–water partition coefficient (Wildman–Crippen LogP) is 3.16. The van der Waals surface area contributed by atoms with Gasteiger partial charge in [-0.2, -0.15) is 0 Å². The second-order valence-electron chi connectivity index (χ2n) is 5.66. The van der Waals surface area contributed by atoms with Crippen molar-refractivity contribution in [2.24, 2.45) is 0 Å². The summed E-state index contributed by atoms with van der Waals surface area (Å²) in [6.07, 6.45) is 2.50. The van der Waals surface area contributed by atoms with Crippen LogP contribution in [0.4, 0.5) is 5.69 Å². The third-order valence-corrected chi connectivity index (χ3v) is 4.41. The number of benzene rings is 1. The van der Waals surface area contributed by atoms with E-state index in [2.05, 4.69) is 23.8 Å². The van der Waals surface area contributed by atoms with Crippen LogP contribution in [0.3, 0.4) is 0 Å². The van der Waals surface area contributed by atoms with Gasteiger partial charge < -0.3 is 4.90 Å². The van der Waals surface area contributed by atoms with Crippen molar-refractivity contribution in [2.45, 2.75) is 32.4 Å². The number of hydrogen-bond donors (Lipinski definition) is 0. The molecule has 1 aromatic rings. The van der Waals surface area contributed by atoms with E-state index in [4.69, 9.17) is 11.6 Å². The van der Waals surface area contributed by atoms with Crippen LogP contribution in [0.2, 0.25) is 5.02 Å². The minimum atomic E-state index is -0.429. The van der Waals surface area contributed by atoms with Crippen molar-refractivity contribution >= 4 is 17.3 Å². The van der Waals surface area contributed by atoms with Crippen molar-refractivity contribution in [3.05, 3.63) is 38.9 Å². The molecule has 6 heteroatoms. The van der Waals surface area contributed by atoms with Gasteiger partial charge in [-0.15, -0.1) is 0 Å². The second-order valence-corrected chi connectivity index (χ2v) is 6.07. The third-order valence-electron chi connectivity index (χ3n) is 4.09. The Balaban J connectivity index is 1.98. The highest BCUT2D eigenvalue weighted by Crippen LogP contribution is 2.26. The van der Waals surface area contributed by atoms with E-state index in [9.17, 15) is 10.1 Å². The quantitative estimate of drug-likeness (QED) is 0.598. The fourth-order valence-corrected chi connectivity index (χ4v) is 3.24. The number of nitro groups is 1. The molecule has 1 aliphatic heterocycles. The van der Waals surface area contributed by atoms with Crippen molar-refractivity contribution < 1.29 is 4.92 Å². The molecule has 1 unspecified atom stereocenters. The Kier molecular flexibility index (Phi) is 5.56. The van der Waals surface area contributed by atoms with Crippen molar-refractivity contribution in [3.8, 4) is 0 Å². The zero-order chi connectivity index (χ0) is 15.4. The van der Waals surface area contributed by atoms with Crippen LogP contribution in [0.5, 0.6) is 0 Å². The zero-order valence-corrected chi connectivity index (χ0v) is 13.3. The van der Waals surface area contributed by atoms with Crippen molar-refractivity contribution in [1.82, 2.24) is 9.80 Å². The summed E-state index contributed by atoms with van der Waals surface area (Å²) in [5, 5.41) is 11.1. The summed E-state index contributed by atoms with van der Waals surface area (Å²) < 4.78 is 0. The van der Waals surface area contributed by atoms with Gasteiger partial charge in [0.2, 0.25) is 0 Å². The smallest absolute Gasteiger partial charge is 0.288 e. The molecule has 1 saturated heterocycles. The molecule has 1 aromatic carbocycles. The number of nitro benzene ring substituents is 1. The van der Waals surface area contributed by atoms with E-state index >= 15 is 0 Å². The van der Waals surface area contributed by atoms with Crippen LogP contribution in [0.1, 0.15) is 25.3 Å². The molecule has 1 fully saturated rings. The van der Waals surface area contributed by atoms with E-state index in [1.165, 1.54) is 19.4 Å². The normalized spacial score (nSPS) is 19.3. The van der Waals surface area contributed by atoms with Gasteiger partial charge in [0.1, 0.15) is 5.02 Å². The first-order chi connectivity index (χ1) is 10.0. The number of hydrogen-bond acceptors (Lipinski definition) is 4. The highest BCUT2D eigenvalue weighted by Gasteiger charge is 2.24.